The molecule has 0 heterocycles. The fourth-order valence-electron chi connectivity index (χ4n) is 1.07. The molecule has 0 radical (unpaired) electrons. The number of carboxylic acid groups (broad SMARTS) is 1. The Morgan fingerprint density at radius 1 is 1.57 bits per heavy atom. The zero-order chi connectivity index (χ0) is 10.6. The average molecular weight is 194 g/mol. The van der Waals surface area contributed by atoms with Crippen LogP contribution in [0, 0.1) is 12.7 Å². The molecule has 0 aromatic heterocycles. The minimum absolute atomic E-state index is 0.0174. The number of hydrogen-bond acceptors (Lipinski definition) is 1. The second-order valence-corrected chi connectivity index (χ2v) is 3.01. The predicted octanol–water partition coefficient (Wildman–Crippen LogP) is 2.62. The molecule has 0 saturated heterocycles. The van der Waals surface area contributed by atoms with Crippen molar-refractivity contribution in [1.29, 1.82) is 0 Å². The van der Waals surface area contributed by atoms with E-state index in [4.69, 9.17) is 5.11 Å². The number of carboxylic acids is 1. The predicted molar refractivity (Wildman–Crippen MR) is 52.4 cm³/mol. The number of carbonyl (C=O) groups is 1. The van der Waals surface area contributed by atoms with E-state index in [1.807, 2.05) is 0 Å². The number of hydrogen-bond donors (Lipinski definition) is 1. The minimum Gasteiger partial charge on any atom is -0.481 e. The maximum Gasteiger partial charge on any atom is 0.307 e. The van der Waals surface area contributed by atoms with Gasteiger partial charge in [-0.05, 0) is 30.2 Å². The summed E-state index contributed by atoms with van der Waals surface area (Å²) in [7, 11) is 0. The molecule has 0 spiro atoms. The van der Waals surface area contributed by atoms with Crippen molar-refractivity contribution in [3.8, 4) is 0 Å². The van der Waals surface area contributed by atoms with Crippen LogP contribution in [-0.4, -0.2) is 11.1 Å². The summed E-state index contributed by atoms with van der Waals surface area (Å²) in [5.74, 6) is -1.12. The van der Waals surface area contributed by atoms with Gasteiger partial charge in [0.15, 0.2) is 0 Å². The Bertz CT molecular complexity index is 370. The van der Waals surface area contributed by atoms with Gasteiger partial charge in [-0.25, -0.2) is 4.39 Å². The lowest BCUT2D eigenvalue weighted by molar-refractivity contribution is -0.135. The molecule has 1 aromatic rings. The van der Waals surface area contributed by atoms with Gasteiger partial charge in [-0.3, -0.25) is 4.79 Å². The van der Waals surface area contributed by atoms with Crippen LogP contribution in [0.5, 0.6) is 0 Å². The van der Waals surface area contributed by atoms with Crippen LogP contribution < -0.4 is 0 Å². The van der Waals surface area contributed by atoms with Gasteiger partial charge in [0.1, 0.15) is 5.82 Å². The van der Waals surface area contributed by atoms with Crippen molar-refractivity contribution in [2.24, 2.45) is 0 Å². The molecule has 1 rings (SSSR count). The Labute approximate surface area is 81.7 Å². The van der Waals surface area contributed by atoms with Crippen LogP contribution in [-0.2, 0) is 4.79 Å². The van der Waals surface area contributed by atoms with Crippen molar-refractivity contribution in [1.82, 2.24) is 0 Å². The normalized spacial score (nSPS) is 10.7. The van der Waals surface area contributed by atoms with Gasteiger partial charge in [0.05, 0.1) is 6.42 Å². The van der Waals surface area contributed by atoms with Gasteiger partial charge in [0.25, 0.3) is 0 Å². The fraction of sp³-hybridized carbons (Fsp3) is 0.182. The van der Waals surface area contributed by atoms with Crippen LogP contribution in [0.2, 0.25) is 0 Å². The molecule has 0 aliphatic rings. The summed E-state index contributed by atoms with van der Waals surface area (Å²) in [5, 5.41) is 8.38. The van der Waals surface area contributed by atoms with Crippen molar-refractivity contribution in [2.75, 3.05) is 0 Å². The van der Waals surface area contributed by atoms with Crippen LogP contribution in [0.4, 0.5) is 4.39 Å². The third-order valence-corrected chi connectivity index (χ3v) is 1.78. The highest BCUT2D eigenvalue weighted by molar-refractivity contribution is 5.70. The number of benzene rings is 1. The van der Waals surface area contributed by atoms with Crippen molar-refractivity contribution in [3.05, 3.63) is 41.2 Å². The Kier molecular flexibility index (Phi) is 3.40. The van der Waals surface area contributed by atoms with Crippen molar-refractivity contribution >= 4 is 12.0 Å². The molecule has 0 atom stereocenters. The van der Waals surface area contributed by atoms with Crippen LogP contribution in [0.25, 0.3) is 6.08 Å². The largest absolute Gasteiger partial charge is 0.481 e. The second-order valence-electron chi connectivity index (χ2n) is 3.01. The van der Waals surface area contributed by atoms with E-state index < -0.39 is 5.97 Å². The van der Waals surface area contributed by atoms with E-state index in [2.05, 4.69) is 0 Å². The molecule has 2 nitrogen and oxygen atoms in total. The first-order valence-corrected chi connectivity index (χ1v) is 4.24. The zero-order valence-corrected chi connectivity index (χ0v) is 7.83. The van der Waals surface area contributed by atoms with Gasteiger partial charge in [-0.1, -0.05) is 18.2 Å². The number of rotatable bonds is 3. The first-order valence-electron chi connectivity index (χ1n) is 4.24. The summed E-state index contributed by atoms with van der Waals surface area (Å²) in [6.45, 7) is 1.67. The fourth-order valence-corrected chi connectivity index (χ4v) is 1.07. The van der Waals surface area contributed by atoms with E-state index in [0.717, 1.165) is 5.56 Å². The Morgan fingerprint density at radius 2 is 2.29 bits per heavy atom. The minimum atomic E-state index is -0.875. The van der Waals surface area contributed by atoms with Crippen molar-refractivity contribution < 1.29 is 14.3 Å². The maximum absolute atomic E-state index is 12.8. The summed E-state index contributed by atoms with van der Waals surface area (Å²) in [4.78, 5) is 10.2. The van der Waals surface area contributed by atoms with Crippen LogP contribution in [0.15, 0.2) is 24.3 Å². The molecule has 0 unspecified atom stereocenters. The van der Waals surface area contributed by atoms with E-state index in [0.29, 0.717) is 5.56 Å². The van der Waals surface area contributed by atoms with E-state index in [1.165, 1.54) is 12.1 Å². The molecular weight excluding hydrogens is 183 g/mol. The standard InChI is InChI=1S/C11H11FO2/c1-8-7-9(5-6-10(8)12)3-2-4-11(13)14/h2-3,5-7H,4H2,1H3,(H,13,14)/b3-2+. The van der Waals surface area contributed by atoms with Gasteiger partial charge < -0.3 is 5.11 Å². The molecule has 3 heteroatoms. The maximum atomic E-state index is 12.8. The second kappa shape index (κ2) is 4.56. The highest BCUT2D eigenvalue weighted by Crippen LogP contribution is 2.10. The highest BCUT2D eigenvalue weighted by atomic mass is 19.1. The van der Waals surface area contributed by atoms with Crippen molar-refractivity contribution in [2.45, 2.75) is 13.3 Å². The lowest BCUT2D eigenvalue weighted by Gasteiger charge is -1.97. The third kappa shape index (κ3) is 3.01. The highest BCUT2D eigenvalue weighted by Gasteiger charge is 1.96. The summed E-state index contributed by atoms with van der Waals surface area (Å²) < 4.78 is 12.8. The monoisotopic (exact) mass is 194 g/mol. The van der Waals surface area contributed by atoms with Crippen LogP contribution in [0.1, 0.15) is 17.5 Å². The molecule has 74 valence electrons. The van der Waals surface area contributed by atoms with E-state index >= 15 is 0 Å². The first-order chi connectivity index (χ1) is 6.59. The summed E-state index contributed by atoms with van der Waals surface area (Å²) in [5.41, 5.74) is 1.37. The molecule has 0 aliphatic heterocycles. The van der Waals surface area contributed by atoms with Crippen LogP contribution in [0.3, 0.4) is 0 Å². The third-order valence-electron chi connectivity index (χ3n) is 1.78. The summed E-state index contributed by atoms with van der Waals surface area (Å²) in [6.07, 6.45) is 3.19. The van der Waals surface area contributed by atoms with E-state index in [1.54, 1.807) is 25.1 Å². The topological polar surface area (TPSA) is 37.3 Å². The quantitative estimate of drug-likeness (QED) is 0.803. The number of halogens is 1. The molecule has 0 bridgehead atoms. The molecular formula is C11H11FO2. The average Bonchev–Trinajstić information content (AvgIpc) is 2.10. The lowest BCUT2D eigenvalue weighted by Crippen LogP contribution is -1.89. The van der Waals surface area contributed by atoms with E-state index in [-0.39, 0.29) is 12.2 Å². The van der Waals surface area contributed by atoms with E-state index in [9.17, 15) is 9.18 Å². The smallest absolute Gasteiger partial charge is 0.307 e. The molecule has 0 saturated carbocycles. The van der Waals surface area contributed by atoms with Crippen molar-refractivity contribution in [3.63, 3.8) is 0 Å². The summed E-state index contributed by atoms with van der Waals surface area (Å²) in [6, 6.07) is 4.66. The Morgan fingerprint density at radius 3 is 2.86 bits per heavy atom. The van der Waals surface area contributed by atoms with Gasteiger partial charge in [-0.15, -0.1) is 0 Å². The molecule has 0 aliphatic carbocycles. The molecule has 0 amide bonds. The Hall–Kier alpha value is -1.64. The molecule has 0 fully saturated rings. The van der Waals surface area contributed by atoms with Gasteiger partial charge in [0, 0.05) is 0 Å². The lowest BCUT2D eigenvalue weighted by atomic mass is 10.1. The Balaban J connectivity index is 2.73. The van der Waals surface area contributed by atoms with Crippen LogP contribution >= 0.6 is 0 Å². The molecule has 1 N–H and O–H groups in total. The van der Waals surface area contributed by atoms with Gasteiger partial charge in [-0.2, -0.15) is 0 Å². The SMILES string of the molecule is Cc1cc(/C=C/CC(=O)O)ccc1F. The number of aliphatic carboxylic acids is 1. The molecule has 14 heavy (non-hydrogen) atoms. The zero-order valence-electron chi connectivity index (χ0n) is 7.83. The van der Waals surface area contributed by atoms with Gasteiger partial charge >= 0.3 is 5.97 Å². The van der Waals surface area contributed by atoms with Gasteiger partial charge in [0.2, 0.25) is 0 Å². The molecule has 1 aromatic carbocycles. The number of aryl methyl sites for hydroxylation is 1. The summed E-state index contributed by atoms with van der Waals surface area (Å²) >= 11 is 0. The first kappa shape index (κ1) is 10.4.